The third-order valence-electron chi connectivity index (χ3n) is 3.88. The van der Waals surface area contributed by atoms with Crippen LogP contribution in [0.2, 0.25) is 0 Å². The molecule has 0 aliphatic heterocycles. The number of hydrogen-bond acceptors (Lipinski definition) is 3. The quantitative estimate of drug-likeness (QED) is 0.799. The third-order valence-corrected chi connectivity index (χ3v) is 3.88. The van der Waals surface area contributed by atoms with E-state index in [9.17, 15) is 14.7 Å². The van der Waals surface area contributed by atoms with Crippen LogP contribution in [0.25, 0.3) is 0 Å². The van der Waals surface area contributed by atoms with Crippen LogP contribution in [-0.2, 0) is 16.0 Å². The number of aromatic nitrogens is 1. The van der Waals surface area contributed by atoms with E-state index in [1.54, 1.807) is 6.20 Å². The lowest BCUT2D eigenvalue weighted by atomic mass is 9.82. The van der Waals surface area contributed by atoms with E-state index < -0.39 is 11.4 Å². The fourth-order valence-electron chi connectivity index (χ4n) is 2.06. The van der Waals surface area contributed by atoms with Crippen molar-refractivity contribution < 1.29 is 14.7 Å². The Labute approximate surface area is 119 Å². The molecule has 0 bridgehead atoms. The number of amides is 1. The number of nitrogens with one attached hydrogen (secondary N) is 1. The van der Waals surface area contributed by atoms with Gasteiger partial charge in [0.15, 0.2) is 0 Å². The minimum absolute atomic E-state index is 0.153. The number of hydrogen-bond donors (Lipinski definition) is 2. The maximum Gasteiger partial charge on any atom is 0.311 e. The van der Waals surface area contributed by atoms with E-state index >= 15 is 0 Å². The Morgan fingerprint density at radius 2 is 2.00 bits per heavy atom. The van der Waals surface area contributed by atoms with Gasteiger partial charge in [0, 0.05) is 12.7 Å². The summed E-state index contributed by atoms with van der Waals surface area (Å²) in [6, 6.07) is 3.72. The highest BCUT2D eigenvalue weighted by Gasteiger charge is 2.35. The molecule has 0 aliphatic rings. The van der Waals surface area contributed by atoms with E-state index in [0.29, 0.717) is 12.8 Å². The molecule has 5 nitrogen and oxygen atoms in total. The molecule has 0 fully saturated rings. The fraction of sp³-hybridized carbons (Fsp3) is 0.533. The van der Waals surface area contributed by atoms with E-state index in [2.05, 4.69) is 10.3 Å². The molecular formula is C15H22N2O3. The van der Waals surface area contributed by atoms with Gasteiger partial charge in [-0.3, -0.25) is 14.6 Å². The molecule has 5 heteroatoms. The van der Waals surface area contributed by atoms with E-state index in [0.717, 1.165) is 11.3 Å². The molecule has 1 aromatic rings. The van der Waals surface area contributed by atoms with E-state index in [4.69, 9.17) is 0 Å². The van der Waals surface area contributed by atoms with Gasteiger partial charge in [-0.25, -0.2) is 0 Å². The number of pyridine rings is 1. The Morgan fingerprint density at radius 3 is 2.50 bits per heavy atom. The molecule has 110 valence electrons. The smallest absolute Gasteiger partial charge is 0.311 e. The molecule has 20 heavy (non-hydrogen) atoms. The van der Waals surface area contributed by atoms with Crippen LogP contribution in [0.15, 0.2) is 18.3 Å². The Bertz CT molecular complexity index is 482. The van der Waals surface area contributed by atoms with Crippen LogP contribution < -0.4 is 5.32 Å². The standard InChI is InChI=1S/C15H22N2O3/c1-4-15(5-2,14(19)20)10-17-13(18)9-12-11(3)7-6-8-16-12/h6-8H,4-5,9-10H2,1-3H3,(H,17,18)(H,19,20). The summed E-state index contributed by atoms with van der Waals surface area (Å²) in [7, 11) is 0. The summed E-state index contributed by atoms with van der Waals surface area (Å²) in [4.78, 5) is 27.4. The van der Waals surface area contributed by atoms with Crippen LogP contribution in [0.5, 0.6) is 0 Å². The Kier molecular flexibility index (Phi) is 5.67. The zero-order valence-corrected chi connectivity index (χ0v) is 12.3. The lowest BCUT2D eigenvalue weighted by Crippen LogP contribution is -2.42. The molecule has 0 unspecified atom stereocenters. The van der Waals surface area contributed by atoms with Crippen molar-refractivity contribution in [3.05, 3.63) is 29.6 Å². The van der Waals surface area contributed by atoms with Crippen molar-refractivity contribution >= 4 is 11.9 Å². The molecule has 1 rings (SSSR count). The van der Waals surface area contributed by atoms with Crippen LogP contribution in [0.4, 0.5) is 0 Å². The minimum atomic E-state index is -0.880. The average Bonchev–Trinajstić information content (AvgIpc) is 2.43. The summed E-state index contributed by atoms with van der Waals surface area (Å²) in [6.45, 7) is 5.70. The fourth-order valence-corrected chi connectivity index (χ4v) is 2.06. The number of aryl methyl sites for hydroxylation is 1. The molecule has 0 spiro atoms. The zero-order valence-electron chi connectivity index (χ0n) is 12.3. The van der Waals surface area contributed by atoms with Crippen molar-refractivity contribution in [1.29, 1.82) is 0 Å². The van der Waals surface area contributed by atoms with Gasteiger partial charge in [0.2, 0.25) is 5.91 Å². The molecule has 2 N–H and O–H groups in total. The molecule has 1 aromatic heterocycles. The van der Waals surface area contributed by atoms with E-state index in [1.165, 1.54) is 0 Å². The third kappa shape index (κ3) is 3.79. The molecule has 0 saturated heterocycles. The predicted octanol–water partition coefficient (Wildman–Crippen LogP) is 1.94. The van der Waals surface area contributed by atoms with Crippen molar-refractivity contribution in [3.8, 4) is 0 Å². The van der Waals surface area contributed by atoms with Crippen LogP contribution >= 0.6 is 0 Å². The van der Waals surface area contributed by atoms with Gasteiger partial charge in [-0.05, 0) is 31.4 Å². The number of nitrogens with zero attached hydrogens (tertiary/aromatic N) is 1. The van der Waals surface area contributed by atoms with Crippen molar-refractivity contribution in [3.63, 3.8) is 0 Å². The van der Waals surface area contributed by atoms with Gasteiger partial charge in [0.1, 0.15) is 0 Å². The molecule has 0 aliphatic carbocycles. The van der Waals surface area contributed by atoms with Crippen LogP contribution in [-0.4, -0.2) is 28.5 Å². The molecule has 1 heterocycles. The number of carboxylic acids is 1. The first kappa shape index (κ1) is 16.1. The molecule has 1 amide bonds. The molecular weight excluding hydrogens is 256 g/mol. The second-order valence-corrected chi connectivity index (χ2v) is 5.01. The highest BCUT2D eigenvalue weighted by atomic mass is 16.4. The molecule has 0 radical (unpaired) electrons. The second kappa shape index (κ2) is 7.03. The number of aliphatic carboxylic acids is 1. The van der Waals surface area contributed by atoms with Crippen molar-refractivity contribution in [2.45, 2.75) is 40.0 Å². The lowest BCUT2D eigenvalue weighted by Gasteiger charge is -2.26. The monoisotopic (exact) mass is 278 g/mol. The van der Waals surface area contributed by atoms with Crippen LogP contribution in [0, 0.1) is 12.3 Å². The SMILES string of the molecule is CCC(CC)(CNC(=O)Cc1ncccc1C)C(=O)O. The largest absolute Gasteiger partial charge is 0.481 e. The van der Waals surface area contributed by atoms with Gasteiger partial charge in [0.05, 0.1) is 17.5 Å². The summed E-state index contributed by atoms with van der Waals surface area (Å²) in [5, 5.41) is 12.0. The van der Waals surface area contributed by atoms with Gasteiger partial charge >= 0.3 is 5.97 Å². The summed E-state index contributed by atoms with van der Waals surface area (Å²) in [5.41, 5.74) is 0.798. The van der Waals surface area contributed by atoms with Gasteiger partial charge in [-0.15, -0.1) is 0 Å². The van der Waals surface area contributed by atoms with Gasteiger partial charge in [0.25, 0.3) is 0 Å². The number of carbonyl (C=O) groups excluding carboxylic acids is 1. The average molecular weight is 278 g/mol. The van der Waals surface area contributed by atoms with Crippen molar-refractivity contribution in [2.75, 3.05) is 6.54 Å². The summed E-state index contributed by atoms with van der Waals surface area (Å²) >= 11 is 0. The summed E-state index contributed by atoms with van der Waals surface area (Å²) in [6.07, 6.45) is 2.80. The van der Waals surface area contributed by atoms with Crippen LogP contribution in [0.1, 0.15) is 37.9 Å². The van der Waals surface area contributed by atoms with Gasteiger partial charge < -0.3 is 10.4 Å². The molecule has 0 atom stereocenters. The Hall–Kier alpha value is -1.91. The Balaban J connectivity index is 2.63. The summed E-state index contributed by atoms with van der Waals surface area (Å²) < 4.78 is 0. The lowest BCUT2D eigenvalue weighted by molar-refractivity contribution is -0.149. The van der Waals surface area contributed by atoms with E-state index in [-0.39, 0.29) is 18.9 Å². The second-order valence-electron chi connectivity index (χ2n) is 5.01. The maximum atomic E-state index is 11.9. The van der Waals surface area contributed by atoms with Crippen molar-refractivity contribution in [2.24, 2.45) is 5.41 Å². The predicted molar refractivity (Wildman–Crippen MR) is 76.3 cm³/mol. The normalized spacial score (nSPS) is 11.2. The molecule has 0 aromatic carbocycles. The maximum absolute atomic E-state index is 11.9. The first-order valence-corrected chi connectivity index (χ1v) is 6.85. The number of rotatable bonds is 7. The highest BCUT2D eigenvalue weighted by Crippen LogP contribution is 2.25. The minimum Gasteiger partial charge on any atom is -0.481 e. The van der Waals surface area contributed by atoms with Gasteiger partial charge in [-0.2, -0.15) is 0 Å². The zero-order chi connectivity index (χ0) is 15.2. The topological polar surface area (TPSA) is 79.3 Å². The Morgan fingerprint density at radius 1 is 1.35 bits per heavy atom. The van der Waals surface area contributed by atoms with Crippen LogP contribution in [0.3, 0.4) is 0 Å². The first-order chi connectivity index (χ1) is 9.45. The van der Waals surface area contributed by atoms with Gasteiger partial charge in [-0.1, -0.05) is 19.9 Å². The summed E-state index contributed by atoms with van der Waals surface area (Å²) in [5.74, 6) is -1.06. The molecule has 0 saturated carbocycles. The van der Waals surface area contributed by atoms with Crippen molar-refractivity contribution in [1.82, 2.24) is 10.3 Å². The first-order valence-electron chi connectivity index (χ1n) is 6.85. The highest BCUT2D eigenvalue weighted by molar-refractivity contribution is 5.80. The van der Waals surface area contributed by atoms with E-state index in [1.807, 2.05) is 32.9 Å². The number of carbonyl (C=O) groups is 2. The number of carboxylic acid groups (broad SMARTS) is 1.